The van der Waals surface area contributed by atoms with Crippen molar-refractivity contribution < 1.29 is 9.30 Å². The summed E-state index contributed by atoms with van der Waals surface area (Å²) in [6.45, 7) is 5.70. The van der Waals surface area contributed by atoms with Crippen molar-refractivity contribution in [3.05, 3.63) is 18.7 Å². The summed E-state index contributed by atoms with van der Waals surface area (Å²) in [5.41, 5.74) is 0. The maximum atomic E-state index is 8.44. The van der Waals surface area contributed by atoms with Crippen LogP contribution in [0, 0.1) is 11.3 Å². The molecule has 0 aromatic carbocycles. The van der Waals surface area contributed by atoms with Crippen molar-refractivity contribution in [2.24, 2.45) is 0 Å². The molecule has 1 heterocycles. The van der Waals surface area contributed by atoms with Gasteiger partial charge >= 0.3 is 0 Å². The summed E-state index contributed by atoms with van der Waals surface area (Å²) in [7, 11) is 0. The molecule has 0 atom stereocenters. The van der Waals surface area contributed by atoms with Gasteiger partial charge in [0.25, 0.3) is 0 Å². The number of aromatic nitrogens is 2. The smallest absolute Gasteiger partial charge is 0.243 e. The SMILES string of the molecule is CCCOCCn1cc[n+](CCCCCC#N)c1. The molecular weight excluding hydrogens is 226 g/mol. The van der Waals surface area contributed by atoms with Gasteiger partial charge in [0.1, 0.15) is 18.9 Å². The van der Waals surface area contributed by atoms with E-state index in [2.05, 4.69) is 40.8 Å². The molecule has 0 radical (unpaired) electrons. The average Bonchev–Trinajstić information content (AvgIpc) is 2.82. The Morgan fingerprint density at radius 2 is 2.17 bits per heavy atom. The summed E-state index contributed by atoms with van der Waals surface area (Å²) < 4.78 is 9.82. The highest BCUT2D eigenvalue weighted by Gasteiger charge is 2.03. The Hall–Kier alpha value is -1.34. The van der Waals surface area contributed by atoms with Crippen LogP contribution in [0.5, 0.6) is 0 Å². The normalized spacial score (nSPS) is 10.4. The lowest BCUT2D eigenvalue weighted by Gasteiger charge is -1.99. The third kappa shape index (κ3) is 6.41. The van der Waals surface area contributed by atoms with Gasteiger partial charge in [-0.1, -0.05) is 6.92 Å². The second-order valence-electron chi connectivity index (χ2n) is 4.47. The minimum Gasteiger partial charge on any atom is -0.377 e. The quantitative estimate of drug-likeness (QED) is 0.472. The summed E-state index contributed by atoms with van der Waals surface area (Å²) >= 11 is 0. The highest BCUT2D eigenvalue weighted by molar-refractivity contribution is 4.68. The minimum absolute atomic E-state index is 0.681. The van der Waals surface area contributed by atoms with Crippen LogP contribution in [0.3, 0.4) is 0 Å². The van der Waals surface area contributed by atoms with Crippen molar-refractivity contribution in [1.82, 2.24) is 4.57 Å². The molecule has 0 aliphatic rings. The molecular formula is C14H24N3O+. The summed E-state index contributed by atoms with van der Waals surface area (Å²) in [6, 6.07) is 2.18. The van der Waals surface area contributed by atoms with Crippen molar-refractivity contribution in [3.8, 4) is 6.07 Å². The molecule has 0 N–H and O–H groups in total. The number of rotatable bonds is 10. The van der Waals surface area contributed by atoms with Gasteiger partial charge in [0, 0.05) is 13.0 Å². The lowest BCUT2D eigenvalue weighted by Crippen LogP contribution is -2.31. The van der Waals surface area contributed by atoms with E-state index in [1.54, 1.807) is 0 Å². The van der Waals surface area contributed by atoms with E-state index in [1.807, 2.05) is 0 Å². The van der Waals surface area contributed by atoms with Crippen molar-refractivity contribution in [3.63, 3.8) is 0 Å². The Morgan fingerprint density at radius 1 is 1.28 bits per heavy atom. The molecule has 0 saturated carbocycles. The zero-order valence-electron chi connectivity index (χ0n) is 11.3. The fraction of sp³-hybridized carbons (Fsp3) is 0.714. The van der Waals surface area contributed by atoms with E-state index in [9.17, 15) is 0 Å². The van der Waals surface area contributed by atoms with Crippen LogP contribution < -0.4 is 4.57 Å². The van der Waals surface area contributed by atoms with Gasteiger partial charge in [-0.05, 0) is 25.7 Å². The number of hydrogen-bond acceptors (Lipinski definition) is 2. The molecule has 18 heavy (non-hydrogen) atoms. The number of imidazole rings is 1. The average molecular weight is 250 g/mol. The van der Waals surface area contributed by atoms with Crippen LogP contribution in [0.25, 0.3) is 0 Å². The molecule has 1 aromatic heterocycles. The molecule has 0 amide bonds. The second kappa shape index (κ2) is 9.67. The number of ether oxygens (including phenoxy) is 1. The molecule has 0 spiro atoms. The van der Waals surface area contributed by atoms with Crippen molar-refractivity contribution >= 4 is 0 Å². The predicted molar refractivity (Wildman–Crippen MR) is 69.8 cm³/mol. The van der Waals surface area contributed by atoms with Crippen molar-refractivity contribution in [1.29, 1.82) is 5.26 Å². The fourth-order valence-corrected chi connectivity index (χ4v) is 1.79. The summed E-state index contributed by atoms with van der Waals surface area (Å²) in [5.74, 6) is 0. The van der Waals surface area contributed by atoms with Crippen LogP contribution >= 0.6 is 0 Å². The first-order chi connectivity index (χ1) is 8.86. The molecule has 100 valence electrons. The van der Waals surface area contributed by atoms with Gasteiger partial charge in [-0.25, -0.2) is 9.13 Å². The first-order valence-corrected chi connectivity index (χ1v) is 6.86. The summed E-state index contributed by atoms with van der Waals surface area (Å²) in [5, 5.41) is 8.44. The molecule has 0 aliphatic heterocycles. The monoisotopic (exact) mass is 250 g/mol. The number of hydrogen-bond donors (Lipinski definition) is 0. The standard InChI is InChI=1S/C14H24N3O/c1-2-12-18-13-11-17-10-9-16(14-17)8-6-4-3-5-7-15/h9-10,14H,2-6,8,11-13H2,1H3/q+1. The molecule has 0 unspecified atom stereocenters. The van der Waals surface area contributed by atoms with E-state index in [0.717, 1.165) is 52.0 Å². The van der Waals surface area contributed by atoms with Gasteiger partial charge < -0.3 is 4.74 Å². The Labute approximate surface area is 110 Å². The van der Waals surface area contributed by atoms with Crippen LogP contribution in [-0.2, 0) is 17.8 Å². The van der Waals surface area contributed by atoms with Gasteiger partial charge in [0.15, 0.2) is 0 Å². The van der Waals surface area contributed by atoms with Crippen LogP contribution in [0.2, 0.25) is 0 Å². The van der Waals surface area contributed by atoms with Gasteiger partial charge in [0.05, 0.1) is 19.2 Å². The van der Waals surface area contributed by atoms with E-state index in [1.165, 1.54) is 0 Å². The Balaban J connectivity index is 2.12. The van der Waals surface area contributed by atoms with Crippen molar-refractivity contribution in [2.45, 2.75) is 52.1 Å². The zero-order chi connectivity index (χ0) is 13.1. The predicted octanol–water partition coefficient (Wildman–Crippen LogP) is 2.29. The lowest BCUT2D eigenvalue weighted by molar-refractivity contribution is -0.696. The minimum atomic E-state index is 0.681. The fourth-order valence-electron chi connectivity index (χ4n) is 1.79. The first kappa shape index (κ1) is 14.7. The van der Waals surface area contributed by atoms with E-state index in [4.69, 9.17) is 10.00 Å². The highest BCUT2D eigenvalue weighted by atomic mass is 16.5. The molecule has 0 bridgehead atoms. The molecule has 0 aliphatic carbocycles. The van der Waals surface area contributed by atoms with E-state index < -0.39 is 0 Å². The van der Waals surface area contributed by atoms with Crippen LogP contribution in [-0.4, -0.2) is 17.8 Å². The first-order valence-electron chi connectivity index (χ1n) is 6.86. The maximum absolute atomic E-state index is 8.44. The third-order valence-electron chi connectivity index (χ3n) is 2.79. The highest BCUT2D eigenvalue weighted by Crippen LogP contribution is 1.98. The van der Waals surface area contributed by atoms with Gasteiger partial charge in [0.2, 0.25) is 6.33 Å². The number of nitriles is 1. The van der Waals surface area contributed by atoms with Gasteiger partial charge in [-0.3, -0.25) is 0 Å². The molecule has 1 aromatic rings. The van der Waals surface area contributed by atoms with E-state index in [-0.39, 0.29) is 0 Å². The zero-order valence-corrected chi connectivity index (χ0v) is 11.3. The Morgan fingerprint density at radius 3 is 2.94 bits per heavy atom. The number of unbranched alkanes of at least 4 members (excludes halogenated alkanes) is 3. The Bertz CT molecular complexity index is 354. The topological polar surface area (TPSA) is 41.8 Å². The molecule has 0 fully saturated rings. The molecule has 4 nitrogen and oxygen atoms in total. The largest absolute Gasteiger partial charge is 0.377 e. The lowest BCUT2D eigenvalue weighted by atomic mass is 10.2. The van der Waals surface area contributed by atoms with Crippen LogP contribution in [0.4, 0.5) is 0 Å². The van der Waals surface area contributed by atoms with E-state index >= 15 is 0 Å². The molecule has 0 saturated heterocycles. The Kier molecular flexibility index (Phi) is 7.90. The van der Waals surface area contributed by atoms with Gasteiger partial charge in [-0.2, -0.15) is 5.26 Å². The maximum Gasteiger partial charge on any atom is 0.243 e. The second-order valence-corrected chi connectivity index (χ2v) is 4.47. The third-order valence-corrected chi connectivity index (χ3v) is 2.79. The summed E-state index contributed by atoms with van der Waals surface area (Å²) in [4.78, 5) is 0. The van der Waals surface area contributed by atoms with Gasteiger partial charge in [-0.15, -0.1) is 0 Å². The molecule has 1 rings (SSSR count). The van der Waals surface area contributed by atoms with Crippen LogP contribution in [0.1, 0.15) is 39.0 Å². The van der Waals surface area contributed by atoms with Crippen LogP contribution in [0.15, 0.2) is 18.7 Å². The number of aryl methyl sites for hydroxylation is 1. The van der Waals surface area contributed by atoms with E-state index in [0.29, 0.717) is 6.42 Å². The molecule has 4 heteroatoms. The number of nitrogens with zero attached hydrogens (tertiary/aromatic N) is 3. The summed E-state index contributed by atoms with van der Waals surface area (Å²) in [6.07, 6.45) is 11.4. The van der Waals surface area contributed by atoms with Crippen molar-refractivity contribution in [2.75, 3.05) is 13.2 Å².